The van der Waals surface area contributed by atoms with E-state index >= 15 is 4.39 Å². The molecule has 61 heavy (non-hydrogen) atoms. The van der Waals surface area contributed by atoms with Gasteiger partial charge in [-0.1, -0.05) is 13.0 Å². The number of aliphatic hydroxyl groups excluding tert-OH is 3. The van der Waals surface area contributed by atoms with Gasteiger partial charge in [0.25, 0.3) is 5.56 Å². The highest BCUT2D eigenvalue weighted by Crippen LogP contribution is 2.46. The van der Waals surface area contributed by atoms with E-state index in [1.807, 2.05) is 0 Å². The van der Waals surface area contributed by atoms with Gasteiger partial charge in [-0.2, -0.15) is 0 Å². The summed E-state index contributed by atoms with van der Waals surface area (Å²) in [4.78, 5) is 69.3. The van der Waals surface area contributed by atoms with Crippen molar-refractivity contribution in [1.82, 2.24) is 14.9 Å². The second-order valence-corrected chi connectivity index (χ2v) is 15.4. The summed E-state index contributed by atoms with van der Waals surface area (Å²) in [5.41, 5.74) is 6.85. The van der Waals surface area contributed by atoms with E-state index in [9.17, 15) is 49.5 Å². The van der Waals surface area contributed by atoms with E-state index in [1.54, 1.807) is 19.9 Å². The van der Waals surface area contributed by atoms with Crippen molar-refractivity contribution in [3.8, 4) is 17.1 Å². The summed E-state index contributed by atoms with van der Waals surface area (Å²) >= 11 is 0. The average molecular weight is 848 g/mol. The van der Waals surface area contributed by atoms with Crippen molar-refractivity contribution in [1.29, 1.82) is 0 Å². The van der Waals surface area contributed by atoms with Crippen molar-refractivity contribution in [2.24, 2.45) is 5.73 Å². The monoisotopic (exact) mass is 847 g/mol. The van der Waals surface area contributed by atoms with Crippen molar-refractivity contribution in [3.05, 3.63) is 85.4 Å². The van der Waals surface area contributed by atoms with Gasteiger partial charge in [0, 0.05) is 35.5 Å². The van der Waals surface area contributed by atoms with Gasteiger partial charge < -0.3 is 65.4 Å². The van der Waals surface area contributed by atoms with Gasteiger partial charge in [-0.05, 0) is 66.6 Å². The van der Waals surface area contributed by atoms with Crippen LogP contribution in [0.15, 0.2) is 35.1 Å². The summed E-state index contributed by atoms with van der Waals surface area (Å²) in [5.74, 6) is -3.64. The van der Waals surface area contributed by atoms with Crippen LogP contribution in [0.25, 0.3) is 22.3 Å². The summed E-state index contributed by atoms with van der Waals surface area (Å²) < 4.78 is 38.6. The second kappa shape index (κ2) is 15.8. The maximum atomic E-state index is 15.4. The molecule has 1 fully saturated rings. The number of carboxylic acids is 1. The Morgan fingerprint density at radius 3 is 2.57 bits per heavy atom. The van der Waals surface area contributed by atoms with Gasteiger partial charge in [0.05, 0.1) is 40.7 Å². The fraction of sp³-hybridized carbons (Fsp3) is 0.415. The summed E-state index contributed by atoms with van der Waals surface area (Å²) in [6, 6.07) is 6.33. The Bertz CT molecular complexity index is 2580. The number of nitrogens with two attached hydrogens (primary N) is 1. The van der Waals surface area contributed by atoms with Crippen LogP contribution >= 0.6 is 0 Å². The molecule has 20 heteroatoms. The van der Waals surface area contributed by atoms with Crippen molar-refractivity contribution >= 4 is 40.5 Å². The molecule has 19 nitrogen and oxygen atoms in total. The Labute approximate surface area is 344 Å². The van der Waals surface area contributed by atoms with Gasteiger partial charge in [-0.25, -0.2) is 23.8 Å². The Hall–Kier alpha value is -6.03. The molecule has 1 aliphatic carbocycles. The number of nitrogens with zero attached hydrogens (tertiary/aromatic N) is 2. The van der Waals surface area contributed by atoms with Gasteiger partial charge in [-0.3, -0.25) is 9.59 Å². The zero-order chi connectivity index (χ0) is 43.7. The van der Waals surface area contributed by atoms with Crippen LogP contribution in [0.4, 0.5) is 14.9 Å². The number of fused-ring (bicyclic) bond motifs is 5. The summed E-state index contributed by atoms with van der Waals surface area (Å²) in [6.07, 6.45) is -9.82. The lowest BCUT2D eigenvalue weighted by atomic mass is 9.81. The normalized spacial score (nSPS) is 24.9. The molecule has 4 aliphatic rings. The van der Waals surface area contributed by atoms with Crippen molar-refractivity contribution in [3.63, 3.8) is 0 Å². The molecule has 3 aliphatic heterocycles. The van der Waals surface area contributed by atoms with Crippen molar-refractivity contribution in [2.75, 3.05) is 11.9 Å². The smallest absolute Gasteiger partial charge is 0.407 e. The number of aryl methyl sites for hydroxylation is 1. The number of benzene rings is 2. The molecule has 2 aromatic heterocycles. The second-order valence-electron chi connectivity index (χ2n) is 15.4. The van der Waals surface area contributed by atoms with Gasteiger partial charge in [0.15, 0.2) is 11.7 Å². The summed E-state index contributed by atoms with van der Waals surface area (Å²) in [6.45, 7) is 2.61. The quantitative estimate of drug-likeness (QED) is 0.0910. The number of aromatic nitrogens is 2. The number of cyclic esters (lactones) is 1. The number of carbonyl (C=O) groups excluding carboxylic acids is 3. The maximum Gasteiger partial charge on any atom is 0.407 e. The van der Waals surface area contributed by atoms with E-state index in [0.717, 1.165) is 0 Å². The number of hydrogen-bond donors (Lipinski definition) is 8. The highest BCUT2D eigenvalue weighted by atomic mass is 19.1. The third kappa shape index (κ3) is 7.03. The van der Waals surface area contributed by atoms with Gasteiger partial charge >= 0.3 is 18.0 Å². The zero-order valence-electron chi connectivity index (χ0n) is 32.8. The van der Waals surface area contributed by atoms with E-state index < -0.39 is 77.7 Å². The number of aliphatic hydroxyl groups is 4. The number of ether oxygens (including phenoxy) is 4. The van der Waals surface area contributed by atoms with E-state index in [4.69, 9.17) is 29.7 Å². The molecular weight excluding hydrogens is 805 g/mol. The Balaban J connectivity index is 1.08. The molecule has 3 unspecified atom stereocenters. The van der Waals surface area contributed by atoms with Gasteiger partial charge in [0.1, 0.15) is 43.1 Å². The molecule has 9 N–H and O–H groups in total. The lowest BCUT2D eigenvalue weighted by molar-refractivity contribution is -0.271. The maximum absolute atomic E-state index is 15.4. The minimum absolute atomic E-state index is 0.00392. The number of aliphatic carboxylic acids is 1. The number of pyridine rings is 2. The molecule has 0 bridgehead atoms. The zero-order valence-corrected chi connectivity index (χ0v) is 32.8. The number of amides is 2. The van der Waals surface area contributed by atoms with Gasteiger partial charge in [0.2, 0.25) is 12.2 Å². The molecule has 5 heterocycles. The molecule has 2 amide bonds. The van der Waals surface area contributed by atoms with E-state index in [0.29, 0.717) is 57.4 Å². The number of hydrogen-bond acceptors (Lipinski definition) is 15. The number of nitrogens with one attached hydrogen (secondary N) is 2. The molecule has 0 spiro atoms. The molecule has 8 rings (SSSR count). The van der Waals surface area contributed by atoms with E-state index in [1.165, 1.54) is 28.8 Å². The van der Waals surface area contributed by atoms with E-state index in [2.05, 4.69) is 10.6 Å². The van der Waals surface area contributed by atoms with Crippen LogP contribution in [-0.2, 0) is 60.4 Å². The van der Waals surface area contributed by atoms with Crippen LogP contribution in [0, 0.1) is 12.7 Å². The SMILES string of the molecule is CC[C@@]1(O)C(=O)OCc2c1cc1n(c2=O)Cc2c-1nc1cc(F)c(C)c3c1c2[C@@H](NC(=O)OCc1ccc(O[C@@H]2OC(C(=O)O)[C@@H](O)C(O)C2O)c(NC(=O)CCN)c1)CC3. The molecule has 0 radical (unpaired) electrons. The highest BCUT2D eigenvalue weighted by Gasteiger charge is 2.49. The minimum atomic E-state index is -2.06. The number of alkyl carbamates (subject to hydrolysis) is 1. The first-order valence-corrected chi connectivity index (χ1v) is 19.5. The first-order valence-electron chi connectivity index (χ1n) is 19.5. The van der Waals surface area contributed by atoms with Crippen LogP contribution in [0.5, 0.6) is 5.75 Å². The summed E-state index contributed by atoms with van der Waals surface area (Å²) in [5, 5.41) is 57.7. The minimum Gasteiger partial charge on any atom is -0.479 e. The lowest BCUT2D eigenvalue weighted by Gasteiger charge is -2.38. The number of anilines is 1. The third-order valence-corrected chi connectivity index (χ3v) is 11.8. The number of carbonyl (C=O) groups is 4. The molecular formula is C41H42FN5O14. The average Bonchev–Trinajstić information content (AvgIpc) is 3.60. The van der Waals surface area contributed by atoms with Crippen LogP contribution in [0.1, 0.15) is 71.2 Å². The lowest BCUT2D eigenvalue weighted by Crippen LogP contribution is -2.61. The largest absolute Gasteiger partial charge is 0.479 e. The van der Waals surface area contributed by atoms with Crippen LogP contribution in [0.2, 0.25) is 0 Å². The van der Waals surface area contributed by atoms with Crippen molar-refractivity contribution in [2.45, 2.75) is 102 Å². The molecule has 4 aromatic rings. The standard InChI is InChI=1S/C41H42FN5O14/c1-3-41(57)21-11-26-31-19(13-47(26)36(52)20(21)15-58-39(41)55)30-23(6-5-18-16(2)22(42)12-25(45-31)29(18)30)46-40(56)59-14-17-4-7-27(24(10-17)44-28(48)8-9-43)60-38-34(51)32(49)33(50)35(61-38)37(53)54/h4,7,10-12,23,32-35,38,49-51,57H,3,5-6,8-9,13-15,43H2,1-2H3,(H,44,48)(H,46,56)(H,53,54)/t23-,32?,33-,34?,35?,38+,41-/m0/s1. The molecule has 2 aromatic carbocycles. The predicted octanol–water partition coefficient (Wildman–Crippen LogP) is 0.999. The number of halogens is 1. The topological polar surface area (TPSA) is 291 Å². The van der Waals surface area contributed by atoms with Crippen LogP contribution < -0.4 is 26.7 Å². The Morgan fingerprint density at radius 2 is 1.85 bits per heavy atom. The predicted molar refractivity (Wildman–Crippen MR) is 207 cm³/mol. The number of carboxylic acid groups (broad SMARTS) is 1. The molecule has 1 saturated heterocycles. The highest BCUT2D eigenvalue weighted by molar-refractivity contribution is 5.94. The van der Waals surface area contributed by atoms with Crippen LogP contribution in [0.3, 0.4) is 0 Å². The fourth-order valence-electron chi connectivity index (χ4n) is 8.52. The molecule has 322 valence electrons. The Kier molecular flexibility index (Phi) is 10.8. The third-order valence-electron chi connectivity index (χ3n) is 11.8. The molecule has 0 saturated carbocycles. The number of esters is 1. The number of rotatable bonds is 10. The fourth-order valence-corrected chi connectivity index (χ4v) is 8.52. The first-order chi connectivity index (χ1) is 29.1. The Morgan fingerprint density at radius 1 is 1.08 bits per heavy atom. The van der Waals surface area contributed by atoms with E-state index in [-0.39, 0.29) is 67.2 Å². The summed E-state index contributed by atoms with van der Waals surface area (Å²) in [7, 11) is 0. The van der Waals surface area contributed by atoms with Crippen LogP contribution in [-0.4, -0.2) is 96.3 Å². The van der Waals surface area contributed by atoms with Crippen molar-refractivity contribution < 1.29 is 68.0 Å². The molecule has 7 atom stereocenters. The first kappa shape index (κ1) is 41.7. The van der Waals surface area contributed by atoms with Gasteiger partial charge in [-0.15, -0.1) is 0 Å².